The van der Waals surface area contributed by atoms with Crippen molar-refractivity contribution in [3.05, 3.63) is 47.9 Å². The number of halogens is 1. The van der Waals surface area contributed by atoms with E-state index in [0.29, 0.717) is 0 Å². The monoisotopic (exact) mass is 232 g/mol. The quantitative estimate of drug-likeness (QED) is 0.882. The summed E-state index contributed by atoms with van der Waals surface area (Å²) in [5.41, 5.74) is 2.58. The van der Waals surface area contributed by atoms with Crippen molar-refractivity contribution in [3.8, 4) is 11.3 Å². The van der Waals surface area contributed by atoms with Crippen LogP contribution in [0.1, 0.15) is 5.56 Å². The Morgan fingerprint density at radius 3 is 2.59 bits per heavy atom. The standard InChI is InChI=1S/C13H13FN2O/c1-16-7-6-13(15-16)11-4-2-10(3-5-11)8-12(14)9-17/h2-8,17H,9H2,1H3. The van der Waals surface area contributed by atoms with Crippen molar-refractivity contribution in [2.45, 2.75) is 0 Å². The van der Waals surface area contributed by atoms with Crippen molar-refractivity contribution >= 4 is 6.08 Å². The van der Waals surface area contributed by atoms with E-state index in [-0.39, 0.29) is 0 Å². The lowest BCUT2D eigenvalue weighted by molar-refractivity contribution is 0.300. The van der Waals surface area contributed by atoms with Crippen LogP contribution in [0.25, 0.3) is 17.3 Å². The Bertz CT molecular complexity index is 529. The Morgan fingerprint density at radius 1 is 1.35 bits per heavy atom. The Labute approximate surface area is 98.8 Å². The van der Waals surface area contributed by atoms with Gasteiger partial charge in [-0.2, -0.15) is 5.10 Å². The molecule has 1 N–H and O–H groups in total. The van der Waals surface area contributed by atoms with Gasteiger partial charge in [-0.1, -0.05) is 24.3 Å². The van der Waals surface area contributed by atoms with E-state index >= 15 is 0 Å². The Balaban J connectivity index is 2.24. The number of nitrogens with zero attached hydrogens (tertiary/aromatic N) is 2. The zero-order chi connectivity index (χ0) is 12.3. The fraction of sp³-hybridized carbons (Fsp3) is 0.154. The van der Waals surface area contributed by atoms with Gasteiger partial charge in [-0.25, -0.2) is 4.39 Å². The van der Waals surface area contributed by atoms with E-state index in [0.717, 1.165) is 16.8 Å². The van der Waals surface area contributed by atoms with Gasteiger partial charge in [-0.3, -0.25) is 4.68 Å². The van der Waals surface area contributed by atoms with E-state index < -0.39 is 12.4 Å². The number of hydrogen-bond acceptors (Lipinski definition) is 2. The molecule has 0 aliphatic heterocycles. The summed E-state index contributed by atoms with van der Waals surface area (Å²) in [6.45, 7) is -0.567. The summed E-state index contributed by atoms with van der Waals surface area (Å²) < 4.78 is 14.6. The van der Waals surface area contributed by atoms with Gasteiger partial charge in [0.1, 0.15) is 5.83 Å². The fourth-order valence-electron chi connectivity index (χ4n) is 1.55. The van der Waals surface area contributed by atoms with Crippen LogP contribution < -0.4 is 0 Å². The van der Waals surface area contributed by atoms with Gasteiger partial charge in [0, 0.05) is 18.8 Å². The molecule has 2 aromatic rings. The zero-order valence-corrected chi connectivity index (χ0v) is 9.47. The molecule has 1 aromatic carbocycles. The lowest BCUT2D eigenvalue weighted by Gasteiger charge is -1.98. The van der Waals surface area contributed by atoms with E-state index in [1.165, 1.54) is 6.08 Å². The third kappa shape index (κ3) is 2.79. The second-order valence-electron chi connectivity index (χ2n) is 3.75. The van der Waals surface area contributed by atoms with Crippen molar-refractivity contribution in [2.75, 3.05) is 6.61 Å². The topological polar surface area (TPSA) is 38.0 Å². The molecule has 0 atom stereocenters. The van der Waals surface area contributed by atoms with E-state index in [9.17, 15) is 4.39 Å². The summed E-state index contributed by atoms with van der Waals surface area (Å²) in [5.74, 6) is -0.546. The van der Waals surface area contributed by atoms with Crippen LogP contribution in [0.4, 0.5) is 4.39 Å². The number of hydrogen-bond donors (Lipinski definition) is 1. The van der Waals surface area contributed by atoms with Crippen molar-refractivity contribution in [1.82, 2.24) is 9.78 Å². The lowest BCUT2D eigenvalue weighted by atomic mass is 10.1. The SMILES string of the molecule is Cn1ccc(-c2ccc(C=C(F)CO)cc2)n1. The second-order valence-corrected chi connectivity index (χ2v) is 3.75. The molecule has 0 saturated carbocycles. The normalized spacial score (nSPS) is 11.8. The molecule has 0 unspecified atom stereocenters. The van der Waals surface area contributed by atoms with Crippen LogP contribution in [0.3, 0.4) is 0 Å². The highest BCUT2D eigenvalue weighted by Crippen LogP contribution is 2.18. The van der Waals surface area contributed by atoms with Gasteiger partial charge < -0.3 is 5.11 Å². The Morgan fingerprint density at radius 2 is 2.06 bits per heavy atom. The molecule has 0 saturated heterocycles. The number of rotatable bonds is 3. The van der Waals surface area contributed by atoms with Crippen LogP contribution in [0, 0.1) is 0 Å². The highest BCUT2D eigenvalue weighted by atomic mass is 19.1. The maximum atomic E-state index is 12.8. The number of aliphatic hydroxyl groups is 1. The average molecular weight is 232 g/mol. The van der Waals surface area contributed by atoms with E-state index in [1.54, 1.807) is 16.8 Å². The maximum absolute atomic E-state index is 12.8. The van der Waals surface area contributed by atoms with Crippen LogP contribution in [0.5, 0.6) is 0 Å². The molecule has 0 spiro atoms. The highest BCUT2D eigenvalue weighted by molar-refractivity contribution is 5.62. The molecule has 1 aromatic heterocycles. The summed E-state index contributed by atoms with van der Waals surface area (Å²) in [6.07, 6.45) is 3.18. The van der Waals surface area contributed by atoms with Gasteiger partial charge >= 0.3 is 0 Å². The van der Waals surface area contributed by atoms with Gasteiger partial charge in [0.2, 0.25) is 0 Å². The molecule has 0 bridgehead atoms. The number of benzene rings is 1. The number of aryl methyl sites for hydroxylation is 1. The molecule has 17 heavy (non-hydrogen) atoms. The minimum Gasteiger partial charge on any atom is -0.389 e. The Hall–Kier alpha value is -1.94. The molecule has 4 heteroatoms. The first-order valence-electron chi connectivity index (χ1n) is 5.26. The molecular weight excluding hydrogens is 219 g/mol. The molecule has 0 aliphatic rings. The van der Waals surface area contributed by atoms with Crippen molar-refractivity contribution in [1.29, 1.82) is 0 Å². The number of aliphatic hydroxyl groups excluding tert-OH is 1. The second kappa shape index (κ2) is 4.93. The van der Waals surface area contributed by atoms with E-state index in [1.807, 2.05) is 31.4 Å². The summed E-state index contributed by atoms with van der Waals surface area (Å²) in [6, 6.07) is 9.25. The third-order valence-corrected chi connectivity index (χ3v) is 2.39. The lowest BCUT2D eigenvalue weighted by Crippen LogP contribution is -1.88. The maximum Gasteiger partial charge on any atom is 0.126 e. The third-order valence-electron chi connectivity index (χ3n) is 2.39. The minimum absolute atomic E-state index is 0.546. The zero-order valence-electron chi connectivity index (χ0n) is 9.47. The van der Waals surface area contributed by atoms with Crippen molar-refractivity contribution in [3.63, 3.8) is 0 Å². The predicted octanol–water partition coefficient (Wildman–Crippen LogP) is 2.39. The first-order valence-corrected chi connectivity index (χ1v) is 5.26. The van der Waals surface area contributed by atoms with Crippen LogP contribution in [-0.2, 0) is 7.05 Å². The largest absolute Gasteiger partial charge is 0.389 e. The van der Waals surface area contributed by atoms with E-state index in [2.05, 4.69) is 5.10 Å². The smallest absolute Gasteiger partial charge is 0.126 e. The fourth-order valence-corrected chi connectivity index (χ4v) is 1.55. The summed E-state index contributed by atoms with van der Waals surface area (Å²) >= 11 is 0. The van der Waals surface area contributed by atoms with Gasteiger partial charge in [0.15, 0.2) is 0 Å². The van der Waals surface area contributed by atoms with Crippen molar-refractivity contribution in [2.24, 2.45) is 7.05 Å². The molecule has 0 radical (unpaired) electrons. The van der Waals surface area contributed by atoms with Crippen LogP contribution >= 0.6 is 0 Å². The highest BCUT2D eigenvalue weighted by Gasteiger charge is 2.00. The van der Waals surface area contributed by atoms with Crippen LogP contribution in [-0.4, -0.2) is 21.5 Å². The predicted molar refractivity (Wildman–Crippen MR) is 64.8 cm³/mol. The summed E-state index contributed by atoms with van der Waals surface area (Å²) in [7, 11) is 1.86. The minimum atomic E-state index is -0.567. The van der Waals surface area contributed by atoms with Crippen molar-refractivity contribution < 1.29 is 9.50 Å². The van der Waals surface area contributed by atoms with Crippen LogP contribution in [0.2, 0.25) is 0 Å². The molecule has 0 aliphatic carbocycles. The molecule has 1 heterocycles. The van der Waals surface area contributed by atoms with Gasteiger partial charge in [-0.05, 0) is 17.7 Å². The summed E-state index contributed by atoms with van der Waals surface area (Å²) in [4.78, 5) is 0. The molecular formula is C13H13FN2O. The average Bonchev–Trinajstić information content (AvgIpc) is 2.77. The van der Waals surface area contributed by atoms with Gasteiger partial charge in [0.05, 0.1) is 12.3 Å². The molecule has 0 fully saturated rings. The molecule has 2 rings (SSSR count). The van der Waals surface area contributed by atoms with E-state index in [4.69, 9.17) is 5.11 Å². The first kappa shape index (κ1) is 11.5. The van der Waals surface area contributed by atoms with Gasteiger partial charge in [-0.15, -0.1) is 0 Å². The molecule has 3 nitrogen and oxygen atoms in total. The van der Waals surface area contributed by atoms with Gasteiger partial charge in [0.25, 0.3) is 0 Å². The number of aromatic nitrogens is 2. The first-order chi connectivity index (χ1) is 8.19. The molecule has 0 amide bonds. The van der Waals surface area contributed by atoms with Crippen LogP contribution in [0.15, 0.2) is 42.4 Å². The summed E-state index contributed by atoms with van der Waals surface area (Å²) in [5, 5.41) is 12.9. The molecule has 88 valence electrons. The Kier molecular flexibility index (Phi) is 3.35.